The molecule has 0 aromatic heterocycles. The van der Waals surface area contributed by atoms with Gasteiger partial charge in [0.05, 0.1) is 0 Å². The van der Waals surface area contributed by atoms with E-state index in [0.29, 0.717) is 11.9 Å². The lowest BCUT2D eigenvalue weighted by Gasteiger charge is -2.26. The third-order valence-electron chi connectivity index (χ3n) is 5.34. The topological polar surface area (TPSA) is 23.6 Å². The lowest BCUT2D eigenvalue weighted by atomic mass is 9.86. The van der Waals surface area contributed by atoms with Crippen molar-refractivity contribution in [1.82, 2.24) is 9.80 Å². The molecule has 0 aromatic rings. The van der Waals surface area contributed by atoms with Gasteiger partial charge in [0.2, 0.25) is 5.91 Å². The van der Waals surface area contributed by atoms with Gasteiger partial charge in [0.1, 0.15) is 0 Å². The molecule has 1 unspecified atom stereocenters. The zero-order chi connectivity index (χ0) is 14.4. The average Bonchev–Trinajstić information content (AvgIpc) is 2.97. The zero-order valence-corrected chi connectivity index (χ0v) is 13.4. The van der Waals surface area contributed by atoms with Crippen molar-refractivity contribution in [2.45, 2.75) is 71.3 Å². The molecular formula is C17H32N2O. The summed E-state index contributed by atoms with van der Waals surface area (Å²) in [6, 6.07) is 0.601. The molecule has 1 aliphatic carbocycles. The summed E-state index contributed by atoms with van der Waals surface area (Å²) in [6.07, 6.45) is 9.96. The predicted octanol–water partition coefficient (Wildman–Crippen LogP) is 3.29. The molecule has 1 atom stereocenters. The molecule has 0 spiro atoms. The number of hydrogen-bond donors (Lipinski definition) is 0. The maximum atomic E-state index is 12.3. The van der Waals surface area contributed by atoms with Crippen molar-refractivity contribution in [1.29, 1.82) is 0 Å². The number of likely N-dealkylation sites (N-methyl/N-ethyl adjacent to an activating group) is 1. The molecule has 1 amide bonds. The zero-order valence-electron chi connectivity index (χ0n) is 13.4. The van der Waals surface area contributed by atoms with Gasteiger partial charge in [-0.05, 0) is 31.8 Å². The third-order valence-corrected chi connectivity index (χ3v) is 5.34. The summed E-state index contributed by atoms with van der Waals surface area (Å²) in [4.78, 5) is 17.0. The lowest BCUT2D eigenvalue weighted by molar-refractivity contribution is -0.130. The molecule has 116 valence electrons. The van der Waals surface area contributed by atoms with Crippen molar-refractivity contribution >= 4 is 5.91 Å². The summed E-state index contributed by atoms with van der Waals surface area (Å²) < 4.78 is 0. The van der Waals surface area contributed by atoms with Crippen LogP contribution in [0.2, 0.25) is 0 Å². The quantitative estimate of drug-likeness (QED) is 0.745. The normalized spacial score (nSPS) is 24.6. The highest BCUT2D eigenvalue weighted by molar-refractivity contribution is 5.76. The average molecular weight is 280 g/mol. The van der Waals surface area contributed by atoms with Gasteiger partial charge in [-0.1, -0.05) is 46.0 Å². The van der Waals surface area contributed by atoms with E-state index in [2.05, 4.69) is 23.6 Å². The fourth-order valence-electron chi connectivity index (χ4n) is 3.97. The van der Waals surface area contributed by atoms with Crippen LogP contribution in [0.25, 0.3) is 0 Å². The minimum atomic E-state index is 0.408. The first-order valence-corrected chi connectivity index (χ1v) is 8.76. The molecule has 1 saturated heterocycles. The maximum absolute atomic E-state index is 12.3. The van der Waals surface area contributed by atoms with Crippen LogP contribution in [-0.4, -0.2) is 47.9 Å². The molecule has 2 rings (SSSR count). The summed E-state index contributed by atoms with van der Waals surface area (Å²) in [5, 5.41) is 0. The van der Waals surface area contributed by atoms with Crippen LogP contribution in [-0.2, 0) is 4.79 Å². The van der Waals surface area contributed by atoms with Crippen molar-refractivity contribution in [3.8, 4) is 0 Å². The molecular weight excluding hydrogens is 248 g/mol. The second-order valence-electron chi connectivity index (χ2n) is 6.55. The van der Waals surface area contributed by atoms with Crippen LogP contribution < -0.4 is 0 Å². The van der Waals surface area contributed by atoms with Gasteiger partial charge in [-0.2, -0.15) is 0 Å². The van der Waals surface area contributed by atoms with Crippen LogP contribution in [0.1, 0.15) is 65.2 Å². The molecule has 3 heteroatoms. The van der Waals surface area contributed by atoms with Crippen molar-refractivity contribution in [3.63, 3.8) is 0 Å². The monoisotopic (exact) mass is 280 g/mol. The van der Waals surface area contributed by atoms with Gasteiger partial charge in [-0.15, -0.1) is 0 Å². The summed E-state index contributed by atoms with van der Waals surface area (Å²) in [5.41, 5.74) is 0. The summed E-state index contributed by atoms with van der Waals surface area (Å²) in [7, 11) is 0. The fraction of sp³-hybridized carbons (Fsp3) is 0.941. The third kappa shape index (κ3) is 4.21. The van der Waals surface area contributed by atoms with Gasteiger partial charge in [0.15, 0.2) is 0 Å². The molecule has 3 nitrogen and oxygen atoms in total. The van der Waals surface area contributed by atoms with Crippen molar-refractivity contribution in [2.24, 2.45) is 5.92 Å². The number of carbonyl (C=O) groups is 1. The van der Waals surface area contributed by atoms with E-state index >= 15 is 0 Å². The Balaban J connectivity index is 1.70. The molecule has 0 aromatic carbocycles. The second kappa shape index (κ2) is 8.02. The number of nitrogens with zero attached hydrogens (tertiary/aromatic N) is 2. The maximum Gasteiger partial charge on any atom is 0.222 e. The van der Waals surface area contributed by atoms with Crippen LogP contribution in [0, 0.1) is 5.92 Å². The highest BCUT2D eigenvalue weighted by atomic mass is 16.2. The van der Waals surface area contributed by atoms with Crippen LogP contribution in [0.3, 0.4) is 0 Å². The Morgan fingerprint density at radius 1 is 1.10 bits per heavy atom. The van der Waals surface area contributed by atoms with Crippen molar-refractivity contribution in [2.75, 3.05) is 26.2 Å². The molecule has 1 aliphatic heterocycles. The van der Waals surface area contributed by atoms with Crippen LogP contribution >= 0.6 is 0 Å². The summed E-state index contributed by atoms with van der Waals surface area (Å²) >= 11 is 0. The van der Waals surface area contributed by atoms with E-state index in [1.807, 2.05) is 0 Å². The Kier molecular flexibility index (Phi) is 6.34. The lowest BCUT2D eigenvalue weighted by Crippen LogP contribution is -2.38. The molecule has 0 bridgehead atoms. The number of likely N-dealkylation sites (tertiary alicyclic amines) is 1. The number of hydrogen-bond acceptors (Lipinski definition) is 2. The first-order valence-electron chi connectivity index (χ1n) is 8.76. The predicted molar refractivity (Wildman–Crippen MR) is 83.7 cm³/mol. The Morgan fingerprint density at radius 3 is 2.45 bits per heavy atom. The van der Waals surface area contributed by atoms with Gasteiger partial charge in [-0.3, -0.25) is 9.69 Å². The molecule has 2 fully saturated rings. The molecule has 2 aliphatic rings. The minimum Gasteiger partial charge on any atom is -0.341 e. The first-order chi connectivity index (χ1) is 9.74. The molecule has 20 heavy (non-hydrogen) atoms. The van der Waals surface area contributed by atoms with Gasteiger partial charge in [0.25, 0.3) is 0 Å². The van der Waals surface area contributed by atoms with E-state index in [9.17, 15) is 4.79 Å². The number of rotatable bonds is 6. The standard InChI is InChI=1S/C17H32N2O/c1-3-18(4-2)16-12-13-19(14-16)17(20)11-10-15-8-6-5-7-9-15/h15-16H,3-14H2,1-2H3. The van der Waals surface area contributed by atoms with E-state index < -0.39 is 0 Å². The van der Waals surface area contributed by atoms with E-state index in [4.69, 9.17) is 0 Å². The first kappa shape index (κ1) is 15.8. The van der Waals surface area contributed by atoms with E-state index in [-0.39, 0.29) is 0 Å². The van der Waals surface area contributed by atoms with Crippen molar-refractivity contribution in [3.05, 3.63) is 0 Å². The van der Waals surface area contributed by atoms with Gasteiger partial charge >= 0.3 is 0 Å². The highest BCUT2D eigenvalue weighted by Crippen LogP contribution is 2.28. The Labute approximate surface area is 124 Å². The van der Waals surface area contributed by atoms with E-state index in [1.54, 1.807) is 0 Å². The van der Waals surface area contributed by atoms with Crippen molar-refractivity contribution < 1.29 is 4.79 Å². The second-order valence-corrected chi connectivity index (χ2v) is 6.55. The van der Waals surface area contributed by atoms with Crippen LogP contribution in [0.5, 0.6) is 0 Å². The Bertz CT molecular complexity index is 295. The highest BCUT2D eigenvalue weighted by Gasteiger charge is 2.29. The van der Waals surface area contributed by atoms with Gasteiger partial charge < -0.3 is 4.90 Å². The molecule has 1 saturated carbocycles. The van der Waals surface area contributed by atoms with Gasteiger partial charge in [-0.25, -0.2) is 0 Å². The largest absolute Gasteiger partial charge is 0.341 e. The Morgan fingerprint density at radius 2 is 1.80 bits per heavy atom. The number of amides is 1. The van der Waals surface area contributed by atoms with E-state index in [1.165, 1.54) is 32.1 Å². The Hall–Kier alpha value is -0.570. The van der Waals surface area contributed by atoms with Crippen LogP contribution in [0.4, 0.5) is 0 Å². The van der Waals surface area contributed by atoms with Crippen LogP contribution in [0.15, 0.2) is 0 Å². The molecule has 0 radical (unpaired) electrons. The summed E-state index contributed by atoms with van der Waals surface area (Å²) in [5.74, 6) is 1.24. The minimum absolute atomic E-state index is 0.408. The molecule has 0 N–H and O–H groups in total. The molecule has 1 heterocycles. The number of carbonyl (C=O) groups excluding carboxylic acids is 1. The fourth-order valence-corrected chi connectivity index (χ4v) is 3.97. The SMILES string of the molecule is CCN(CC)C1CCN(C(=O)CCC2CCCCC2)C1. The smallest absolute Gasteiger partial charge is 0.222 e. The van der Waals surface area contributed by atoms with E-state index in [0.717, 1.165) is 51.4 Å². The summed E-state index contributed by atoms with van der Waals surface area (Å²) in [6.45, 7) is 8.58. The van der Waals surface area contributed by atoms with Gasteiger partial charge in [0, 0.05) is 25.6 Å².